The summed E-state index contributed by atoms with van der Waals surface area (Å²) in [6, 6.07) is 8.36. The molecule has 0 spiro atoms. The molecule has 0 radical (unpaired) electrons. The minimum atomic E-state index is -0.901. The Kier molecular flexibility index (Phi) is 4.78. The Morgan fingerprint density at radius 3 is 2.74 bits per heavy atom. The number of hydrogen-bond acceptors (Lipinski definition) is 4. The van der Waals surface area contributed by atoms with Gasteiger partial charge in [0.2, 0.25) is 0 Å². The first-order valence-corrected chi connectivity index (χ1v) is 8.87. The summed E-state index contributed by atoms with van der Waals surface area (Å²) >= 11 is 1.24. The highest BCUT2D eigenvalue weighted by Crippen LogP contribution is 2.28. The van der Waals surface area contributed by atoms with Crippen molar-refractivity contribution in [1.29, 1.82) is 0 Å². The molecule has 5 heteroatoms. The van der Waals surface area contributed by atoms with Gasteiger partial charge in [0.25, 0.3) is 0 Å². The van der Waals surface area contributed by atoms with E-state index in [0.29, 0.717) is 10.6 Å². The molecule has 4 nitrogen and oxygen atoms in total. The van der Waals surface area contributed by atoms with Gasteiger partial charge in [0.05, 0.1) is 5.69 Å². The van der Waals surface area contributed by atoms with Gasteiger partial charge in [0.15, 0.2) is 0 Å². The molecule has 1 fully saturated rings. The van der Waals surface area contributed by atoms with Crippen LogP contribution in [-0.2, 0) is 6.54 Å². The molecule has 1 atom stereocenters. The van der Waals surface area contributed by atoms with Gasteiger partial charge < -0.3 is 5.11 Å². The molecule has 0 amide bonds. The van der Waals surface area contributed by atoms with Crippen molar-refractivity contribution in [2.24, 2.45) is 5.92 Å². The molecule has 0 saturated carbocycles. The lowest BCUT2D eigenvalue weighted by Gasteiger charge is -2.30. The van der Waals surface area contributed by atoms with Crippen LogP contribution in [0.25, 0.3) is 10.6 Å². The number of benzene rings is 1. The summed E-state index contributed by atoms with van der Waals surface area (Å²) in [5.41, 5.74) is 2.87. The zero-order valence-electron chi connectivity index (χ0n) is 13.6. The number of aryl methyl sites for hydroxylation is 1. The van der Waals surface area contributed by atoms with Crippen LogP contribution >= 0.6 is 11.3 Å². The van der Waals surface area contributed by atoms with E-state index in [9.17, 15) is 4.79 Å². The van der Waals surface area contributed by atoms with Gasteiger partial charge in [0, 0.05) is 18.7 Å². The van der Waals surface area contributed by atoms with E-state index in [2.05, 4.69) is 28.9 Å². The van der Waals surface area contributed by atoms with Crippen LogP contribution in [0.1, 0.15) is 40.7 Å². The number of piperidine rings is 1. The second-order valence-electron chi connectivity index (χ2n) is 6.42. The highest BCUT2D eigenvalue weighted by atomic mass is 32.1. The summed E-state index contributed by atoms with van der Waals surface area (Å²) in [5.74, 6) is -0.113. The van der Waals surface area contributed by atoms with Crippen molar-refractivity contribution in [1.82, 2.24) is 9.88 Å². The molecule has 0 bridgehead atoms. The van der Waals surface area contributed by atoms with Crippen molar-refractivity contribution in [3.05, 3.63) is 40.4 Å². The van der Waals surface area contributed by atoms with Crippen molar-refractivity contribution < 1.29 is 9.90 Å². The summed E-state index contributed by atoms with van der Waals surface area (Å²) in [7, 11) is 0. The second-order valence-corrected chi connectivity index (χ2v) is 7.42. The zero-order valence-corrected chi connectivity index (χ0v) is 14.4. The first kappa shape index (κ1) is 16.1. The monoisotopic (exact) mass is 330 g/mol. The normalized spacial score (nSPS) is 19.0. The van der Waals surface area contributed by atoms with Gasteiger partial charge in [-0.05, 0) is 37.8 Å². The van der Waals surface area contributed by atoms with E-state index in [-0.39, 0.29) is 0 Å². The Bertz CT molecular complexity index is 694. The van der Waals surface area contributed by atoms with E-state index in [1.807, 2.05) is 12.1 Å². The van der Waals surface area contributed by atoms with Gasteiger partial charge in [-0.15, -0.1) is 11.3 Å². The number of carbonyl (C=O) groups is 1. The van der Waals surface area contributed by atoms with Crippen molar-refractivity contribution in [2.75, 3.05) is 13.1 Å². The molecule has 0 aliphatic carbocycles. The Morgan fingerprint density at radius 1 is 1.39 bits per heavy atom. The highest BCUT2D eigenvalue weighted by molar-refractivity contribution is 7.17. The fourth-order valence-corrected chi connectivity index (χ4v) is 4.07. The van der Waals surface area contributed by atoms with E-state index in [1.165, 1.54) is 42.8 Å². The molecular formula is C18H22N2O2S. The molecular weight excluding hydrogens is 308 g/mol. The lowest BCUT2D eigenvalue weighted by molar-refractivity contribution is 0.0701. The number of rotatable bonds is 4. The highest BCUT2D eigenvalue weighted by Gasteiger charge is 2.17. The standard InChI is InChI=1S/C18H22N2O2S/c1-12-4-3-9-20(10-12)11-14-5-7-15(8-6-14)17-19-13(2)16(23-17)18(21)22/h5-8,12H,3-4,9-11H2,1-2H3,(H,21,22). The summed E-state index contributed by atoms with van der Waals surface area (Å²) < 4.78 is 0. The number of likely N-dealkylation sites (tertiary alicyclic amines) is 1. The molecule has 1 aliphatic rings. The Balaban J connectivity index is 1.72. The maximum atomic E-state index is 11.1. The van der Waals surface area contributed by atoms with E-state index >= 15 is 0 Å². The van der Waals surface area contributed by atoms with Gasteiger partial charge in [0.1, 0.15) is 9.88 Å². The van der Waals surface area contributed by atoms with Crippen LogP contribution in [0.4, 0.5) is 0 Å². The first-order valence-electron chi connectivity index (χ1n) is 8.05. The number of carboxylic acid groups (broad SMARTS) is 1. The lowest BCUT2D eigenvalue weighted by Crippen LogP contribution is -2.33. The number of aromatic carboxylic acids is 1. The molecule has 23 heavy (non-hydrogen) atoms. The predicted octanol–water partition coefficient (Wildman–Crippen LogP) is 4.05. The average Bonchev–Trinajstić information content (AvgIpc) is 2.90. The fourth-order valence-electron chi connectivity index (χ4n) is 3.16. The number of carboxylic acids is 1. The van der Waals surface area contributed by atoms with Gasteiger partial charge >= 0.3 is 5.97 Å². The van der Waals surface area contributed by atoms with Crippen molar-refractivity contribution in [3.8, 4) is 10.6 Å². The molecule has 1 aromatic carbocycles. The average molecular weight is 330 g/mol. The predicted molar refractivity (Wildman–Crippen MR) is 92.9 cm³/mol. The molecule has 1 N–H and O–H groups in total. The van der Waals surface area contributed by atoms with Gasteiger partial charge in [-0.2, -0.15) is 0 Å². The van der Waals surface area contributed by atoms with Gasteiger partial charge in [-0.25, -0.2) is 9.78 Å². The summed E-state index contributed by atoms with van der Waals surface area (Å²) in [6.45, 7) is 7.41. The van der Waals surface area contributed by atoms with Crippen molar-refractivity contribution in [3.63, 3.8) is 0 Å². The van der Waals surface area contributed by atoms with Crippen LogP contribution in [0.5, 0.6) is 0 Å². The molecule has 1 saturated heterocycles. The molecule has 1 aliphatic heterocycles. The lowest BCUT2D eigenvalue weighted by atomic mass is 10.00. The molecule has 2 aromatic rings. The molecule has 2 heterocycles. The second kappa shape index (κ2) is 6.81. The minimum Gasteiger partial charge on any atom is -0.477 e. The smallest absolute Gasteiger partial charge is 0.347 e. The van der Waals surface area contributed by atoms with E-state index < -0.39 is 5.97 Å². The SMILES string of the molecule is Cc1nc(-c2ccc(CN3CCCC(C)C3)cc2)sc1C(=O)O. The Labute approximate surface area is 140 Å². The van der Waals surface area contributed by atoms with Crippen LogP contribution in [0.3, 0.4) is 0 Å². The third-order valence-electron chi connectivity index (χ3n) is 4.34. The van der Waals surface area contributed by atoms with E-state index in [4.69, 9.17) is 5.11 Å². The topological polar surface area (TPSA) is 53.4 Å². The van der Waals surface area contributed by atoms with Crippen LogP contribution in [0, 0.1) is 12.8 Å². The van der Waals surface area contributed by atoms with Crippen LogP contribution < -0.4 is 0 Å². The van der Waals surface area contributed by atoms with Gasteiger partial charge in [-0.1, -0.05) is 31.2 Å². The Morgan fingerprint density at radius 2 is 2.13 bits per heavy atom. The first-order chi connectivity index (χ1) is 11.0. The molecule has 1 unspecified atom stereocenters. The van der Waals surface area contributed by atoms with Crippen LogP contribution in [-0.4, -0.2) is 34.0 Å². The Hall–Kier alpha value is -1.72. The summed E-state index contributed by atoms with van der Waals surface area (Å²) in [4.78, 5) is 18.4. The third kappa shape index (κ3) is 3.79. The number of hydrogen-bond donors (Lipinski definition) is 1. The third-order valence-corrected chi connectivity index (χ3v) is 5.53. The maximum Gasteiger partial charge on any atom is 0.347 e. The largest absolute Gasteiger partial charge is 0.477 e. The van der Waals surface area contributed by atoms with Crippen molar-refractivity contribution in [2.45, 2.75) is 33.2 Å². The van der Waals surface area contributed by atoms with Gasteiger partial charge in [-0.3, -0.25) is 4.90 Å². The molecule has 1 aromatic heterocycles. The number of aromatic nitrogens is 1. The van der Waals surface area contributed by atoms with Crippen LogP contribution in [0.2, 0.25) is 0 Å². The molecule has 3 rings (SSSR count). The zero-order chi connectivity index (χ0) is 16.4. The van der Waals surface area contributed by atoms with E-state index in [1.54, 1.807) is 6.92 Å². The summed E-state index contributed by atoms with van der Waals surface area (Å²) in [5, 5.41) is 9.91. The number of nitrogens with zero attached hydrogens (tertiary/aromatic N) is 2. The van der Waals surface area contributed by atoms with E-state index in [0.717, 1.165) is 23.0 Å². The minimum absolute atomic E-state index is 0.325. The summed E-state index contributed by atoms with van der Waals surface area (Å²) in [6.07, 6.45) is 2.63. The number of thiazole rings is 1. The van der Waals surface area contributed by atoms with Crippen molar-refractivity contribution >= 4 is 17.3 Å². The fraction of sp³-hybridized carbons (Fsp3) is 0.444. The van der Waals surface area contributed by atoms with Crippen LogP contribution in [0.15, 0.2) is 24.3 Å². The molecule has 122 valence electrons. The quantitative estimate of drug-likeness (QED) is 0.919. The maximum absolute atomic E-state index is 11.1.